The number of halogens is 1. The summed E-state index contributed by atoms with van der Waals surface area (Å²) in [7, 11) is 1.57. The van der Waals surface area contributed by atoms with E-state index >= 15 is 0 Å². The Morgan fingerprint density at radius 3 is 3.07 bits per heavy atom. The van der Waals surface area contributed by atoms with E-state index in [-0.39, 0.29) is 17.8 Å². The van der Waals surface area contributed by atoms with Crippen molar-refractivity contribution in [1.82, 2.24) is 9.97 Å². The van der Waals surface area contributed by atoms with E-state index in [1.807, 2.05) is 6.92 Å². The van der Waals surface area contributed by atoms with Gasteiger partial charge in [-0.2, -0.15) is 4.98 Å². The molecule has 0 aliphatic rings. The summed E-state index contributed by atoms with van der Waals surface area (Å²) in [6.45, 7) is 2.31. The molecule has 1 rings (SSSR count). The van der Waals surface area contributed by atoms with Gasteiger partial charge in [-0.15, -0.1) is 0 Å². The van der Waals surface area contributed by atoms with Crippen molar-refractivity contribution >= 4 is 11.8 Å². The number of methoxy groups -OCH3 is 1. The Bertz CT molecular complexity index is 307. The van der Waals surface area contributed by atoms with Crippen LogP contribution in [-0.2, 0) is 4.74 Å². The standard InChI is InChI=1S/C8H13FN4O/c1-5(4-14-2)12-7-6(9)3-11-8(10)13-7/h3,5H,4H2,1-2H3,(H3,10,11,12,13). The van der Waals surface area contributed by atoms with Gasteiger partial charge in [-0.05, 0) is 6.92 Å². The molecular formula is C8H13FN4O. The predicted octanol–water partition coefficient (Wildman–Crippen LogP) is 0.645. The fraction of sp³-hybridized carbons (Fsp3) is 0.500. The molecule has 0 spiro atoms. The van der Waals surface area contributed by atoms with Gasteiger partial charge >= 0.3 is 0 Å². The second-order valence-electron chi connectivity index (χ2n) is 2.93. The van der Waals surface area contributed by atoms with E-state index in [0.29, 0.717) is 6.61 Å². The van der Waals surface area contributed by atoms with Crippen LogP contribution in [0.3, 0.4) is 0 Å². The van der Waals surface area contributed by atoms with Crippen molar-refractivity contribution in [1.29, 1.82) is 0 Å². The van der Waals surface area contributed by atoms with Crippen molar-refractivity contribution in [3.63, 3.8) is 0 Å². The zero-order chi connectivity index (χ0) is 10.6. The molecule has 5 nitrogen and oxygen atoms in total. The van der Waals surface area contributed by atoms with Crippen LogP contribution in [0.4, 0.5) is 16.2 Å². The van der Waals surface area contributed by atoms with Gasteiger partial charge in [0.2, 0.25) is 5.95 Å². The minimum absolute atomic E-state index is 0.0381. The highest BCUT2D eigenvalue weighted by Gasteiger charge is 2.08. The molecule has 1 heterocycles. The van der Waals surface area contributed by atoms with Crippen molar-refractivity contribution in [3.05, 3.63) is 12.0 Å². The molecule has 78 valence electrons. The molecule has 14 heavy (non-hydrogen) atoms. The molecule has 1 unspecified atom stereocenters. The molecule has 6 heteroatoms. The zero-order valence-corrected chi connectivity index (χ0v) is 8.12. The molecule has 0 saturated heterocycles. The minimum atomic E-state index is -0.526. The van der Waals surface area contributed by atoms with Crippen LogP contribution in [-0.4, -0.2) is 29.7 Å². The van der Waals surface area contributed by atoms with Crippen LogP contribution in [0.5, 0.6) is 0 Å². The molecule has 3 N–H and O–H groups in total. The summed E-state index contributed by atoms with van der Waals surface area (Å²) in [4.78, 5) is 7.23. The monoisotopic (exact) mass is 200 g/mol. The SMILES string of the molecule is COCC(C)Nc1nc(N)ncc1F. The summed E-state index contributed by atoms with van der Waals surface area (Å²) in [6.07, 6.45) is 1.03. The van der Waals surface area contributed by atoms with Crippen LogP contribution in [0.15, 0.2) is 6.20 Å². The molecule has 0 radical (unpaired) electrons. The molecule has 1 aromatic heterocycles. The lowest BCUT2D eigenvalue weighted by molar-refractivity contribution is 0.190. The first-order chi connectivity index (χ1) is 6.63. The minimum Gasteiger partial charge on any atom is -0.383 e. The number of nitrogen functional groups attached to an aromatic ring is 1. The van der Waals surface area contributed by atoms with Crippen LogP contribution >= 0.6 is 0 Å². The van der Waals surface area contributed by atoms with Gasteiger partial charge in [-0.1, -0.05) is 0 Å². The second-order valence-corrected chi connectivity index (χ2v) is 2.93. The Balaban J connectivity index is 2.70. The van der Waals surface area contributed by atoms with Crippen LogP contribution < -0.4 is 11.1 Å². The third-order valence-electron chi connectivity index (χ3n) is 1.56. The number of hydrogen-bond acceptors (Lipinski definition) is 5. The summed E-state index contributed by atoms with van der Waals surface area (Å²) in [5, 5.41) is 2.82. The van der Waals surface area contributed by atoms with Crippen LogP contribution in [0.2, 0.25) is 0 Å². The molecule has 0 saturated carbocycles. The number of nitrogens with two attached hydrogens (primary N) is 1. The van der Waals surface area contributed by atoms with Gasteiger partial charge in [0.05, 0.1) is 12.8 Å². The van der Waals surface area contributed by atoms with E-state index in [4.69, 9.17) is 10.5 Å². The van der Waals surface area contributed by atoms with Crippen LogP contribution in [0.1, 0.15) is 6.92 Å². The molecule has 0 aliphatic heterocycles. The van der Waals surface area contributed by atoms with Gasteiger partial charge in [0.15, 0.2) is 11.6 Å². The second kappa shape index (κ2) is 4.71. The summed E-state index contributed by atoms with van der Waals surface area (Å²) in [5.41, 5.74) is 5.32. The van der Waals surface area contributed by atoms with E-state index in [2.05, 4.69) is 15.3 Å². The first-order valence-electron chi connectivity index (χ1n) is 4.17. The predicted molar refractivity (Wildman–Crippen MR) is 51.4 cm³/mol. The van der Waals surface area contributed by atoms with E-state index in [0.717, 1.165) is 6.20 Å². The van der Waals surface area contributed by atoms with Crippen molar-refractivity contribution in [3.8, 4) is 0 Å². The molecule has 0 bridgehead atoms. The van der Waals surface area contributed by atoms with Gasteiger partial charge < -0.3 is 15.8 Å². The lowest BCUT2D eigenvalue weighted by Gasteiger charge is -2.13. The van der Waals surface area contributed by atoms with E-state index in [1.54, 1.807) is 7.11 Å². The highest BCUT2D eigenvalue weighted by molar-refractivity contribution is 5.39. The van der Waals surface area contributed by atoms with E-state index < -0.39 is 5.82 Å². The van der Waals surface area contributed by atoms with E-state index in [1.165, 1.54) is 0 Å². The van der Waals surface area contributed by atoms with Crippen molar-refractivity contribution < 1.29 is 9.13 Å². The number of hydrogen-bond donors (Lipinski definition) is 2. The fourth-order valence-electron chi connectivity index (χ4n) is 1.01. The average Bonchev–Trinajstić information content (AvgIpc) is 2.12. The van der Waals surface area contributed by atoms with Gasteiger partial charge in [0.1, 0.15) is 0 Å². The average molecular weight is 200 g/mol. The summed E-state index contributed by atoms with van der Waals surface area (Å²) in [5.74, 6) is -0.386. The summed E-state index contributed by atoms with van der Waals surface area (Å²) in [6, 6.07) is -0.0381. The van der Waals surface area contributed by atoms with Gasteiger partial charge in [-0.25, -0.2) is 9.37 Å². The van der Waals surface area contributed by atoms with E-state index in [9.17, 15) is 4.39 Å². The smallest absolute Gasteiger partial charge is 0.222 e. The quantitative estimate of drug-likeness (QED) is 0.746. The first-order valence-corrected chi connectivity index (χ1v) is 4.17. The lowest BCUT2D eigenvalue weighted by Crippen LogP contribution is -2.22. The Labute approximate surface area is 81.5 Å². The summed E-state index contributed by atoms with van der Waals surface area (Å²) >= 11 is 0. The largest absolute Gasteiger partial charge is 0.383 e. The number of aromatic nitrogens is 2. The maximum atomic E-state index is 13.1. The Morgan fingerprint density at radius 2 is 2.43 bits per heavy atom. The number of nitrogens with zero attached hydrogens (tertiary/aromatic N) is 2. The Morgan fingerprint density at radius 1 is 1.71 bits per heavy atom. The zero-order valence-electron chi connectivity index (χ0n) is 8.12. The number of anilines is 2. The Kier molecular flexibility index (Phi) is 3.58. The third kappa shape index (κ3) is 2.81. The molecule has 0 aromatic carbocycles. The normalized spacial score (nSPS) is 12.5. The van der Waals surface area contributed by atoms with Crippen molar-refractivity contribution in [2.75, 3.05) is 24.8 Å². The molecule has 1 aromatic rings. The number of rotatable bonds is 4. The number of ether oxygens (including phenoxy) is 1. The maximum absolute atomic E-state index is 13.1. The van der Waals surface area contributed by atoms with Crippen molar-refractivity contribution in [2.24, 2.45) is 0 Å². The molecular weight excluding hydrogens is 187 g/mol. The van der Waals surface area contributed by atoms with Crippen LogP contribution in [0, 0.1) is 5.82 Å². The number of nitrogens with one attached hydrogen (secondary N) is 1. The first kappa shape index (κ1) is 10.6. The van der Waals surface area contributed by atoms with Gasteiger partial charge in [0, 0.05) is 13.2 Å². The molecule has 0 amide bonds. The lowest BCUT2D eigenvalue weighted by atomic mass is 10.3. The molecule has 1 atom stereocenters. The van der Waals surface area contributed by atoms with Crippen molar-refractivity contribution in [2.45, 2.75) is 13.0 Å². The summed E-state index contributed by atoms with van der Waals surface area (Å²) < 4.78 is 18.0. The van der Waals surface area contributed by atoms with Gasteiger partial charge in [-0.3, -0.25) is 0 Å². The topological polar surface area (TPSA) is 73.1 Å². The highest BCUT2D eigenvalue weighted by atomic mass is 19.1. The maximum Gasteiger partial charge on any atom is 0.222 e. The third-order valence-corrected chi connectivity index (χ3v) is 1.56. The molecule has 0 fully saturated rings. The highest BCUT2D eigenvalue weighted by Crippen LogP contribution is 2.11. The Hall–Kier alpha value is -1.43. The fourth-order valence-corrected chi connectivity index (χ4v) is 1.01. The molecule has 0 aliphatic carbocycles. The van der Waals surface area contributed by atoms with Gasteiger partial charge in [0.25, 0.3) is 0 Å². The van der Waals surface area contributed by atoms with Crippen LogP contribution in [0.25, 0.3) is 0 Å².